The van der Waals surface area contributed by atoms with E-state index in [0.717, 1.165) is 37.9 Å². The molecule has 1 aromatic carbocycles. The molecule has 0 atom stereocenters. The summed E-state index contributed by atoms with van der Waals surface area (Å²) in [6.45, 7) is 2.67. The lowest BCUT2D eigenvalue weighted by atomic mass is 9.79. The second kappa shape index (κ2) is 6.60. The third kappa shape index (κ3) is 3.98. The minimum atomic E-state index is -0.625. The lowest BCUT2D eigenvalue weighted by Crippen LogP contribution is -2.22. The maximum Gasteiger partial charge on any atom is 0.306 e. The van der Waals surface area contributed by atoms with Gasteiger partial charge in [0.1, 0.15) is 5.75 Å². The Morgan fingerprint density at radius 1 is 1.21 bits per heavy atom. The van der Waals surface area contributed by atoms with Gasteiger partial charge in [0.05, 0.1) is 12.5 Å². The van der Waals surface area contributed by atoms with Crippen molar-refractivity contribution in [2.75, 3.05) is 6.61 Å². The van der Waals surface area contributed by atoms with Gasteiger partial charge in [-0.1, -0.05) is 12.1 Å². The molecule has 0 aromatic heterocycles. The highest BCUT2D eigenvalue weighted by Crippen LogP contribution is 2.31. The van der Waals surface area contributed by atoms with Gasteiger partial charge in [-0.05, 0) is 62.6 Å². The lowest BCUT2D eigenvalue weighted by molar-refractivity contribution is -0.143. The van der Waals surface area contributed by atoms with Crippen molar-refractivity contribution in [1.29, 1.82) is 0 Å². The summed E-state index contributed by atoms with van der Waals surface area (Å²) in [5.74, 6) is 0.811. The van der Waals surface area contributed by atoms with Crippen molar-refractivity contribution >= 4 is 5.97 Å². The first-order chi connectivity index (χ1) is 9.19. The first-order valence-corrected chi connectivity index (χ1v) is 7.13. The molecule has 1 aromatic rings. The third-order valence-electron chi connectivity index (χ3n) is 3.95. The molecular weight excluding hydrogens is 240 g/mol. The van der Waals surface area contributed by atoms with E-state index in [-0.39, 0.29) is 5.92 Å². The van der Waals surface area contributed by atoms with Gasteiger partial charge in [-0.3, -0.25) is 4.79 Å². The smallest absolute Gasteiger partial charge is 0.306 e. The Balaban J connectivity index is 1.83. The SMILES string of the molecule is CCOc1ccc(CC2CCC(C(=O)O)CC2)cc1. The largest absolute Gasteiger partial charge is 0.494 e. The summed E-state index contributed by atoms with van der Waals surface area (Å²) in [7, 11) is 0. The van der Waals surface area contributed by atoms with Gasteiger partial charge in [-0.2, -0.15) is 0 Å². The Kier molecular flexibility index (Phi) is 4.83. The molecule has 3 nitrogen and oxygen atoms in total. The number of carboxylic acids is 1. The van der Waals surface area contributed by atoms with Crippen molar-refractivity contribution in [2.24, 2.45) is 11.8 Å². The summed E-state index contributed by atoms with van der Waals surface area (Å²) < 4.78 is 5.43. The number of carbonyl (C=O) groups is 1. The van der Waals surface area contributed by atoms with Crippen LogP contribution in [0.2, 0.25) is 0 Å². The summed E-state index contributed by atoms with van der Waals surface area (Å²) in [5.41, 5.74) is 1.32. The van der Waals surface area contributed by atoms with E-state index in [1.54, 1.807) is 0 Å². The van der Waals surface area contributed by atoms with E-state index in [1.807, 2.05) is 19.1 Å². The second-order valence-electron chi connectivity index (χ2n) is 5.34. The van der Waals surface area contributed by atoms with Crippen molar-refractivity contribution < 1.29 is 14.6 Å². The second-order valence-corrected chi connectivity index (χ2v) is 5.34. The molecule has 2 rings (SSSR count). The van der Waals surface area contributed by atoms with E-state index in [9.17, 15) is 4.79 Å². The van der Waals surface area contributed by atoms with Crippen LogP contribution in [0, 0.1) is 11.8 Å². The zero-order valence-corrected chi connectivity index (χ0v) is 11.5. The fourth-order valence-corrected chi connectivity index (χ4v) is 2.84. The average Bonchev–Trinajstić information content (AvgIpc) is 2.42. The van der Waals surface area contributed by atoms with Crippen LogP contribution in [0.15, 0.2) is 24.3 Å². The van der Waals surface area contributed by atoms with E-state index in [2.05, 4.69) is 12.1 Å². The van der Waals surface area contributed by atoms with E-state index in [4.69, 9.17) is 9.84 Å². The number of rotatable bonds is 5. The molecule has 0 radical (unpaired) electrons. The number of hydrogen-bond acceptors (Lipinski definition) is 2. The third-order valence-corrected chi connectivity index (χ3v) is 3.95. The molecule has 0 unspecified atom stereocenters. The van der Waals surface area contributed by atoms with Crippen LogP contribution in [0.3, 0.4) is 0 Å². The van der Waals surface area contributed by atoms with Crippen LogP contribution in [0.1, 0.15) is 38.2 Å². The molecule has 104 valence electrons. The zero-order chi connectivity index (χ0) is 13.7. The zero-order valence-electron chi connectivity index (χ0n) is 11.5. The Labute approximate surface area is 114 Å². The van der Waals surface area contributed by atoms with Gasteiger partial charge in [0.2, 0.25) is 0 Å². The van der Waals surface area contributed by atoms with Crippen molar-refractivity contribution in [2.45, 2.75) is 39.0 Å². The molecule has 0 saturated heterocycles. The van der Waals surface area contributed by atoms with Gasteiger partial charge < -0.3 is 9.84 Å². The highest BCUT2D eigenvalue weighted by molar-refractivity contribution is 5.69. The van der Waals surface area contributed by atoms with Gasteiger partial charge >= 0.3 is 5.97 Å². The number of ether oxygens (including phenoxy) is 1. The van der Waals surface area contributed by atoms with Gasteiger partial charge in [-0.25, -0.2) is 0 Å². The van der Waals surface area contributed by atoms with Crippen molar-refractivity contribution in [3.63, 3.8) is 0 Å². The highest BCUT2D eigenvalue weighted by Gasteiger charge is 2.25. The Hall–Kier alpha value is -1.51. The summed E-state index contributed by atoms with van der Waals surface area (Å²) in [6, 6.07) is 8.27. The average molecular weight is 262 g/mol. The molecule has 0 spiro atoms. The fourth-order valence-electron chi connectivity index (χ4n) is 2.84. The molecule has 0 aliphatic heterocycles. The molecule has 1 fully saturated rings. The first-order valence-electron chi connectivity index (χ1n) is 7.13. The highest BCUT2D eigenvalue weighted by atomic mass is 16.5. The van der Waals surface area contributed by atoms with Crippen LogP contribution in [-0.2, 0) is 11.2 Å². The Morgan fingerprint density at radius 3 is 2.37 bits per heavy atom. The van der Waals surface area contributed by atoms with E-state index < -0.39 is 5.97 Å². The molecule has 1 aliphatic rings. The number of benzene rings is 1. The predicted molar refractivity (Wildman–Crippen MR) is 74.4 cm³/mol. The minimum Gasteiger partial charge on any atom is -0.494 e. The van der Waals surface area contributed by atoms with Gasteiger partial charge in [0, 0.05) is 0 Å². The van der Waals surface area contributed by atoms with Gasteiger partial charge in [0.15, 0.2) is 0 Å². The quantitative estimate of drug-likeness (QED) is 0.883. The standard InChI is InChI=1S/C16H22O3/c1-2-19-15-9-5-13(6-10-15)11-12-3-7-14(8-4-12)16(17)18/h5-6,9-10,12,14H,2-4,7-8,11H2,1H3,(H,17,18). The van der Waals surface area contributed by atoms with E-state index in [1.165, 1.54) is 5.56 Å². The van der Waals surface area contributed by atoms with Crippen molar-refractivity contribution in [3.05, 3.63) is 29.8 Å². The normalized spacial score (nSPS) is 23.0. The van der Waals surface area contributed by atoms with Crippen LogP contribution in [0.4, 0.5) is 0 Å². The Morgan fingerprint density at radius 2 is 1.84 bits per heavy atom. The minimum absolute atomic E-state index is 0.114. The molecule has 19 heavy (non-hydrogen) atoms. The Bertz CT molecular complexity index is 403. The van der Waals surface area contributed by atoms with Crippen molar-refractivity contribution in [1.82, 2.24) is 0 Å². The maximum absolute atomic E-state index is 10.9. The molecule has 0 bridgehead atoms. The van der Waals surface area contributed by atoms with Crippen LogP contribution in [-0.4, -0.2) is 17.7 Å². The summed E-state index contributed by atoms with van der Waals surface area (Å²) in [5, 5.41) is 8.98. The molecule has 1 aliphatic carbocycles. The molecule has 3 heteroatoms. The molecular formula is C16H22O3. The molecule has 0 heterocycles. The molecule has 0 amide bonds. The van der Waals surface area contributed by atoms with Crippen LogP contribution in [0.5, 0.6) is 5.75 Å². The maximum atomic E-state index is 10.9. The van der Waals surface area contributed by atoms with E-state index in [0.29, 0.717) is 12.5 Å². The number of carboxylic acid groups (broad SMARTS) is 1. The van der Waals surface area contributed by atoms with Crippen LogP contribution in [0.25, 0.3) is 0 Å². The summed E-state index contributed by atoms with van der Waals surface area (Å²) >= 11 is 0. The topological polar surface area (TPSA) is 46.5 Å². The van der Waals surface area contributed by atoms with Crippen molar-refractivity contribution in [3.8, 4) is 5.75 Å². The summed E-state index contributed by atoms with van der Waals surface area (Å²) in [6.07, 6.45) is 4.78. The predicted octanol–water partition coefficient (Wildman–Crippen LogP) is 3.52. The van der Waals surface area contributed by atoms with Crippen LogP contribution < -0.4 is 4.74 Å². The number of hydrogen-bond donors (Lipinski definition) is 1. The fraction of sp³-hybridized carbons (Fsp3) is 0.562. The lowest BCUT2D eigenvalue weighted by Gasteiger charge is -2.26. The number of aliphatic carboxylic acids is 1. The van der Waals surface area contributed by atoms with Gasteiger partial charge in [-0.15, -0.1) is 0 Å². The molecule has 1 saturated carbocycles. The van der Waals surface area contributed by atoms with Gasteiger partial charge in [0.25, 0.3) is 0 Å². The first kappa shape index (κ1) is 13.9. The monoisotopic (exact) mass is 262 g/mol. The molecule has 1 N–H and O–H groups in total. The summed E-state index contributed by atoms with van der Waals surface area (Å²) in [4.78, 5) is 10.9. The van der Waals surface area contributed by atoms with Crippen LogP contribution >= 0.6 is 0 Å². The van der Waals surface area contributed by atoms with E-state index >= 15 is 0 Å².